The average molecular weight is 700 g/mol. The number of ether oxygens (including phenoxy) is 2. The third-order valence-electron chi connectivity index (χ3n) is 9.78. The quantitative estimate of drug-likeness (QED) is 0.207. The van der Waals surface area contributed by atoms with Crippen LogP contribution in [0.1, 0.15) is 87.8 Å². The topological polar surface area (TPSA) is 101 Å². The summed E-state index contributed by atoms with van der Waals surface area (Å²) in [5.74, 6) is -0.633. The molecule has 4 heterocycles. The summed E-state index contributed by atoms with van der Waals surface area (Å²) in [7, 11) is 0. The Bertz CT molecular complexity index is 1950. The molecule has 0 aliphatic carbocycles. The molecule has 1 amide bonds. The standard InChI is InChI=1S/C39H42ClN3O5S/c1-21-19-29-35(32(23-8-11-26(40)12-9-23)31(21)34(38(45)46)48-39(3,4)5)49-36(42-29)25-10-13-27-22(2)41-33(28(27)20-25)24-14-16-43(17-15-24)37(44)30-7-6-18-47-30/h8-13,19-20,22,24,30,34H,6-7,14-18H2,1-5H3,(H,45,46)/t22?,30?,34-/m0/s1. The highest BCUT2D eigenvalue weighted by Crippen LogP contribution is 2.45. The molecule has 4 aromatic rings. The van der Waals surface area contributed by atoms with Crippen molar-refractivity contribution in [3.63, 3.8) is 0 Å². The van der Waals surface area contributed by atoms with Crippen LogP contribution in [0.5, 0.6) is 0 Å². The number of benzene rings is 3. The monoisotopic (exact) mass is 699 g/mol. The van der Waals surface area contributed by atoms with E-state index in [2.05, 4.69) is 25.1 Å². The third kappa shape index (κ3) is 6.66. The first-order valence-corrected chi connectivity index (χ1v) is 18.3. The molecule has 0 bridgehead atoms. The maximum absolute atomic E-state index is 13.0. The molecule has 1 aromatic heterocycles. The van der Waals surface area contributed by atoms with E-state index in [-0.39, 0.29) is 24.0 Å². The second-order valence-electron chi connectivity index (χ2n) is 14.4. The summed E-state index contributed by atoms with van der Waals surface area (Å²) < 4.78 is 12.7. The predicted octanol–water partition coefficient (Wildman–Crippen LogP) is 8.81. The van der Waals surface area contributed by atoms with Gasteiger partial charge in [0.1, 0.15) is 11.1 Å². The van der Waals surface area contributed by atoms with Crippen LogP contribution in [0.3, 0.4) is 0 Å². The number of hydrogen-bond acceptors (Lipinski definition) is 7. The number of amides is 1. The number of carboxylic acids is 1. The van der Waals surface area contributed by atoms with Crippen molar-refractivity contribution < 1.29 is 24.2 Å². The molecule has 2 saturated heterocycles. The molecule has 256 valence electrons. The second-order valence-corrected chi connectivity index (χ2v) is 15.8. The number of aromatic nitrogens is 1. The summed E-state index contributed by atoms with van der Waals surface area (Å²) in [5, 5.41) is 11.9. The predicted molar refractivity (Wildman–Crippen MR) is 195 cm³/mol. The maximum Gasteiger partial charge on any atom is 0.337 e. The van der Waals surface area contributed by atoms with E-state index >= 15 is 0 Å². The van der Waals surface area contributed by atoms with Gasteiger partial charge in [0, 0.05) is 58.6 Å². The number of carbonyl (C=O) groups is 2. The van der Waals surface area contributed by atoms with Crippen LogP contribution in [-0.4, -0.2) is 64.0 Å². The number of aryl methyl sites for hydroxylation is 1. The highest BCUT2D eigenvalue weighted by atomic mass is 35.5. The molecule has 0 radical (unpaired) electrons. The Kier molecular flexibility index (Phi) is 9.15. The lowest BCUT2D eigenvalue weighted by Crippen LogP contribution is -2.44. The van der Waals surface area contributed by atoms with Crippen molar-refractivity contribution in [3.8, 4) is 21.7 Å². The smallest absolute Gasteiger partial charge is 0.337 e. The highest BCUT2D eigenvalue weighted by molar-refractivity contribution is 7.22. The van der Waals surface area contributed by atoms with Gasteiger partial charge in [-0.2, -0.15) is 0 Å². The number of nitrogens with zero attached hydrogens (tertiary/aromatic N) is 3. The second kappa shape index (κ2) is 13.2. The van der Waals surface area contributed by atoms with Gasteiger partial charge >= 0.3 is 5.97 Å². The van der Waals surface area contributed by atoms with E-state index < -0.39 is 17.7 Å². The van der Waals surface area contributed by atoms with E-state index in [9.17, 15) is 14.7 Å². The van der Waals surface area contributed by atoms with E-state index in [4.69, 9.17) is 31.1 Å². The number of aliphatic carboxylic acids is 1. The number of piperidine rings is 1. The summed E-state index contributed by atoms with van der Waals surface area (Å²) >= 11 is 7.84. The van der Waals surface area contributed by atoms with Gasteiger partial charge in [-0.05, 0) is 101 Å². The minimum Gasteiger partial charge on any atom is -0.479 e. The number of carboxylic acid groups (broad SMARTS) is 1. The van der Waals surface area contributed by atoms with Crippen molar-refractivity contribution in [3.05, 3.63) is 75.8 Å². The fraction of sp³-hybridized carbons (Fsp3) is 0.436. The number of thiazole rings is 1. The Morgan fingerprint density at radius 1 is 1.06 bits per heavy atom. The van der Waals surface area contributed by atoms with Crippen molar-refractivity contribution in [2.45, 2.75) is 84.2 Å². The van der Waals surface area contributed by atoms with Crippen molar-refractivity contribution in [2.75, 3.05) is 19.7 Å². The molecular weight excluding hydrogens is 658 g/mol. The highest BCUT2D eigenvalue weighted by Gasteiger charge is 2.36. The van der Waals surface area contributed by atoms with Crippen LogP contribution in [0.4, 0.5) is 0 Å². The lowest BCUT2D eigenvalue weighted by atomic mass is 9.86. The molecule has 0 saturated carbocycles. The zero-order valence-corrected chi connectivity index (χ0v) is 30.2. The van der Waals surface area contributed by atoms with Gasteiger partial charge in [0.15, 0.2) is 6.10 Å². The molecule has 7 rings (SSSR count). The molecule has 10 heteroatoms. The molecule has 3 aliphatic heterocycles. The summed E-state index contributed by atoms with van der Waals surface area (Å²) in [4.78, 5) is 38.0. The van der Waals surface area contributed by atoms with Gasteiger partial charge in [0.25, 0.3) is 5.91 Å². The molecule has 3 aromatic carbocycles. The Balaban J connectivity index is 1.25. The third-order valence-corrected chi connectivity index (χ3v) is 11.2. The Morgan fingerprint density at radius 2 is 1.78 bits per heavy atom. The van der Waals surface area contributed by atoms with Crippen LogP contribution < -0.4 is 0 Å². The van der Waals surface area contributed by atoms with Crippen LogP contribution in [0.2, 0.25) is 5.02 Å². The van der Waals surface area contributed by atoms with E-state index in [0.29, 0.717) is 17.2 Å². The van der Waals surface area contributed by atoms with Crippen LogP contribution in [0, 0.1) is 12.8 Å². The number of fused-ring (bicyclic) bond motifs is 2. The summed E-state index contributed by atoms with van der Waals surface area (Å²) in [5.41, 5.74) is 7.68. The lowest BCUT2D eigenvalue weighted by molar-refractivity contribution is -0.160. The first-order chi connectivity index (χ1) is 23.4. The van der Waals surface area contributed by atoms with Crippen LogP contribution in [0.15, 0.2) is 53.5 Å². The molecule has 3 aliphatic rings. The van der Waals surface area contributed by atoms with E-state index in [0.717, 1.165) is 87.5 Å². The van der Waals surface area contributed by atoms with Crippen LogP contribution in [-0.2, 0) is 19.1 Å². The number of halogens is 1. The van der Waals surface area contributed by atoms with E-state index in [1.807, 2.05) is 62.9 Å². The molecule has 1 N–H and O–H groups in total. The Hall–Kier alpha value is -3.63. The molecular formula is C39H42ClN3O5S. The minimum atomic E-state index is -1.17. The minimum absolute atomic E-state index is 0.0680. The average Bonchev–Trinajstić information content (AvgIpc) is 3.82. The normalized spacial score (nSPS) is 20.4. The van der Waals surface area contributed by atoms with Gasteiger partial charge < -0.3 is 19.5 Å². The van der Waals surface area contributed by atoms with Crippen molar-refractivity contribution in [1.82, 2.24) is 9.88 Å². The summed E-state index contributed by atoms with van der Waals surface area (Å²) in [6, 6.07) is 16.0. The first-order valence-electron chi connectivity index (χ1n) is 17.1. The van der Waals surface area contributed by atoms with E-state index in [1.165, 1.54) is 5.56 Å². The molecule has 3 atom stereocenters. The molecule has 49 heavy (non-hydrogen) atoms. The molecule has 8 nitrogen and oxygen atoms in total. The van der Waals surface area contributed by atoms with Gasteiger partial charge in [-0.3, -0.25) is 9.79 Å². The fourth-order valence-corrected chi connectivity index (χ4v) is 8.71. The van der Waals surface area contributed by atoms with Crippen LogP contribution in [0.25, 0.3) is 31.9 Å². The Labute approximate surface area is 296 Å². The van der Waals surface area contributed by atoms with E-state index in [1.54, 1.807) is 11.3 Å². The van der Waals surface area contributed by atoms with Crippen LogP contribution >= 0.6 is 22.9 Å². The van der Waals surface area contributed by atoms with Crippen molar-refractivity contribution >= 4 is 50.7 Å². The zero-order chi connectivity index (χ0) is 34.6. The fourth-order valence-electron chi connectivity index (χ4n) is 7.46. The SMILES string of the molecule is Cc1cc2nc(-c3ccc4c(c3)C(C3CCN(C(=O)C5CCCO5)CC3)=NC4C)sc2c(-c2ccc(Cl)cc2)c1[C@H](OC(C)(C)C)C(=O)O. The number of aliphatic imine (C=N–C) groups is 1. The zero-order valence-electron chi connectivity index (χ0n) is 28.6. The molecule has 0 spiro atoms. The van der Waals surface area contributed by atoms with Crippen molar-refractivity contribution in [2.24, 2.45) is 10.9 Å². The van der Waals surface area contributed by atoms with Gasteiger partial charge in [0.05, 0.1) is 21.9 Å². The lowest BCUT2D eigenvalue weighted by Gasteiger charge is -2.33. The number of hydrogen-bond donors (Lipinski definition) is 1. The maximum atomic E-state index is 13.0. The largest absolute Gasteiger partial charge is 0.479 e. The van der Waals surface area contributed by atoms with Crippen molar-refractivity contribution in [1.29, 1.82) is 0 Å². The van der Waals surface area contributed by atoms with Gasteiger partial charge in [0.2, 0.25) is 0 Å². The number of likely N-dealkylation sites (tertiary alicyclic amines) is 1. The number of rotatable bonds is 7. The Morgan fingerprint density at radius 3 is 2.43 bits per heavy atom. The van der Waals surface area contributed by atoms with Gasteiger partial charge in [-0.1, -0.05) is 35.9 Å². The van der Waals surface area contributed by atoms with Gasteiger partial charge in [-0.25, -0.2) is 9.78 Å². The van der Waals surface area contributed by atoms with Gasteiger partial charge in [-0.15, -0.1) is 11.3 Å². The molecule has 2 unspecified atom stereocenters. The summed E-state index contributed by atoms with van der Waals surface area (Å²) in [6.07, 6.45) is 2.07. The number of carbonyl (C=O) groups excluding carboxylic acids is 1. The summed E-state index contributed by atoms with van der Waals surface area (Å²) in [6.45, 7) is 11.8. The first kappa shape index (κ1) is 33.8. The molecule has 2 fully saturated rings.